The quantitative estimate of drug-likeness (QED) is 0.442. The molecule has 204 valence electrons. The molecular formula is C30H35N5O4. The van der Waals surface area contributed by atoms with Crippen LogP contribution < -0.4 is 9.64 Å². The molecule has 0 spiro atoms. The number of aromatic nitrogens is 2. The van der Waals surface area contributed by atoms with Gasteiger partial charge >= 0.3 is 0 Å². The van der Waals surface area contributed by atoms with Crippen LogP contribution in [0.15, 0.2) is 60.7 Å². The minimum atomic E-state index is -0.135. The van der Waals surface area contributed by atoms with Crippen molar-refractivity contribution in [2.45, 2.75) is 25.9 Å². The summed E-state index contributed by atoms with van der Waals surface area (Å²) < 4.78 is 11.0. The molecule has 0 unspecified atom stereocenters. The number of methoxy groups -OCH3 is 1. The van der Waals surface area contributed by atoms with Gasteiger partial charge in [-0.2, -0.15) is 0 Å². The third-order valence-corrected chi connectivity index (χ3v) is 7.35. The second kappa shape index (κ2) is 12.3. The van der Waals surface area contributed by atoms with E-state index in [1.54, 1.807) is 12.0 Å². The molecule has 0 radical (unpaired) electrons. The minimum absolute atomic E-state index is 0.0245. The number of hydrogen-bond acceptors (Lipinski definition) is 7. The molecule has 9 heteroatoms. The first-order valence-corrected chi connectivity index (χ1v) is 13.5. The normalized spacial score (nSPS) is 17.2. The van der Waals surface area contributed by atoms with Gasteiger partial charge in [0.25, 0.3) is 5.91 Å². The van der Waals surface area contributed by atoms with Gasteiger partial charge in [0.2, 0.25) is 5.91 Å². The first kappa shape index (κ1) is 26.6. The second-order valence-electron chi connectivity index (χ2n) is 10.1. The van der Waals surface area contributed by atoms with Crippen LogP contribution in [0.2, 0.25) is 0 Å². The monoisotopic (exact) mass is 529 g/mol. The standard InChI is InChI=1S/C30H35N5O4/c1-22-5-7-24(8-6-22)30(37)35(20-26-4-3-19-39-26)21-29(36)34-17-15-33(16-18-34)28-14-13-27(31-32-28)23-9-11-25(38-2)12-10-23/h5-14,26H,3-4,15-21H2,1-2H3/t26-/m1/s1. The molecule has 3 aromatic rings. The number of hydrogen-bond donors (Lipinski definition) is 0. The van der Waals surface area contributed by atoms with Crippen LogP contribution in [0.5, 0.6) is 5.75 Å². The van der Waals surface area contributed by atoms with Crippen molar-refractivity contribution in [2.75, 3.05) is 57.9 Å². The van der Waals surface area contributed by atoms with E-state index in [1.165, 1.54) is 0 Å². The molecule has 3 heterocycles. The van der Waals surface area contributed by atoms with Crippen LogP contribution in [0.3, 0.4) is 0 Å². The predicted molar refractivity (Wildman–Crippen MR) is 149 cm³/mol. The number of carbonyl (C=O) groups excluding carboxylic acids is 2. The summed E-state index contributed by atoms with van der Waals surface area (Å²) in [6, 6.07) is 19.1. The number of ether oxygens (including phenoxy) is 2. The molecule has 5 rings (SSSR count). The van der Waals surface area contributed by atoms with E-state index < -0.39 is 0 Å². The Morgan fingerprint density at radius 3 is 2.33 bits per heavy atom. The lowest BCUT2D eigenvalue weighted by atomic mass is 10.1. The fraction of sp³-hybridized carbons (Fsp3) is 0.400. The highest BCUT2D eigenvalue weighted by molar-refractivity contribution is 5.96. The SMILES string of the molecule is COc1ccc(-c2ccc(N3CCN(C(=O)CN(C[C@H]4CCCO4)C(=O)c4ccc(C)cc4)CC3)nn2)cc1. The average Bonchev–Trinajstić information content (AvgIpc) is 3.50. The van der Waals surface area contributed by atoms with E-state index in [0.29, 0.717) is 44.9 Å². The summed E-state index contributed by atoms with van der Waals surface area (Å²) in [5.41, 5.74) is 3.44. The van der Waals surface area contributed by atoms with E-state index >= 15 is 0 Å². The smallest absolute Gasteiger partial charge is 0.254 e. The van der Waals surface area contributed by atoms with Crippen LogP contribution >= 0.6 is 0 Å². The van der Waals surface area contributed by atoms with Gasteiger partial charge in [-0.1, -0.05) is 17.7 Å². The molecule has 2 aliphatic rings. The fourth-order valence-electron chi connectivity index (χ4n) is 4.99. The Labute approximate surface area is 229 Å². The molecule has 2 saturated heterocycles. The molecule has 1 atom stereocenters. The highest BCUT2D eigenvalue weighted by Gasteiger charge is 2.28. The topological polar surface area (TPSA) is 88.1 Å². The van der Waals surface area contributed by atoms with Gasteiger partial charge < -0.3 is 24.2 Å². The summed E-state index contributed by atoms with van der Waals surface area (Å²) in [4.78, 5) is 32.3. The van der Waals surface area contributed by atoms with Crippen LogP contribution in [0.4, 0.5) is 5.82 Å². The van der Waals surface area contributed by atoms with Crippen molar-refractivity contribution in [1.82, 2.24) is 20.0 Å². The number of nitrogens with zero attached hydrogens (tertiary/aromatic N) is 5. The van der Waals surface area contributed by atoms with Gasteiger partial charge in [-0.15, -0.1) is 10.2 Å². The van der Waals surface area contributed by atoms with Gasteiger partial charge in [0, 0.05) is 50.5 Å². The summed E-state index contributed by atoms with van der Waals surface area (Å²) >= 11 is 0. The number of rotatable bonds is 8. The van der Waals surface area contributed by atoms with Gasteiger partial charge in [0.15, 0.2) is 5.82 Å². The average molecular weight is 530 g/mol. The number of benzene rings is 2. The first-order valence-electron chi connectivity index (χ1n) is 13.5. The third kappa shape index (κ3) is 6.54. The number of anilines is 1. The summed E-state index contributed by atoms with van der Waals surface area (Å²) in [7, 11) is 1.64. The molecule has 0 bridgehead atoms. The molecule has 0 saturated carbocycles. The van der Waals surface area contributed by atoms with Crippen molar-refractivity contribution < 1.29 is 19.1 Å². The van der Waals surface area contributed by atoms with Gasteiger partial charge in [0.1, 0.15) is 12.3 Å². The molecule has 2 amide bonds. The van der Waals surface area contributed by atoms with Gasteiger partial charge in [0.05, 0.1) is 18.9 Å². The summed E-state index contributed by atoms with van der Waals surface area (Å²) in [6.45, 7) is 5.59. The number of amides is 2. The first-order chi connectivity index (χ1) is 19.0. The number of carbonyl (C=O) groups is 2. The highest BCUT2D eigenvalue weighted by Crippen LogP contribution is 2.22. The lowest BCUT2D eigenvalue weighted by Gasteiger charge is -2.36. The Bertz CT molecular complexity index is 1250. The summed E-state index contributed by atoms with van der Waals surface area (Å²) in [6.07, 6.45) is 1.86. The predicted octanol–water partition coefficient (Wildman–Crippen LogP) is 3.43. The Morgan fingerprint density at radius 1 is 0.974 bits per heavy atom. The van der Waals surface area contributed by atoms with Gasteiger partial charge in [-0.05, 0) is 68.3 Å². The molecule has 1 aromatic heterocycles. The third-order valence-electron chi connectivity index (χ3n) is 7.35. The molecule has 2 aliphatic heterocycles. The van der Waals surface area contributed by atoms with Gasteiger partial charge in [-0.25, -0.2) is 0 Å². The summed E-state index contributed by atoms with van der Waals surface area (Å²) in [5.74, 6) is 1.40. The largest absolute Gasteiger partial charge is 0.497 e. The van der Waals surface area contributed by atoms with Crippen LogP contribution in [-0.4, -0.2) is 90.9 Å². The summed E-state index contributed by atoms with van der Waals surface area (Å²) in [5, 5.41) is 8.84. The molecular weight excluding hydrogens is 494 g/mol. The van der Waals surface area contributed by atoms with E-state index in [2.05, 4.69) is 15.1 Å². The van der Waals surface area contributed by atoms with E-state index in [-0.39, 0.29) is 24.5 Å². The van der Waals surface area contributed by atoms with Crippen LogP contribution in [0, 0.1) is 6.92 Å². The second-order valence-corrected chi connectivity index (χ2v) is 10.1. The molecule has 9 nitrogen and oxygen atoms in total. The maximum absolute atomic E-state index is 13.3. The van der Waals surface area contributed by atoms with Crippen molar-refractivity contribution in [2.24, 2.45) is 0 Å². The Balaban J connectivity index is 1.18. The van der Waals surface area contributed by atoms with Crippen molar-refractivity contribution in [3.8, 4) is 17.0 Å². The zero-order chi connectivity index (χ0) is 27.2. The Morgan fingerprint density at radius 2 is 1.72 bits per heavy atom. The fourth-order valence-corrected chi connectivity index (χ4v) is 4.99. The molecule has 2 aromatic carbocycles. The molecule has 0 aliphatic carbocycles. The van der Waals surface area contributed by atoms with Crippen molar-refractivity contribution >= 4 is 17.6 Å². The van der Waals surface area contributed by atoms with E-state index in [4.69, 9.17) is 9.47 Å². The number of piperazine rings is 1. The van der Waals surface area contributed by atoms with Gasteiger partial charge in [-0.3, -0.25) is 9.59 Å². The van der Waals surface area contributed by atoms with Crippen LogP contribution in [0.25, 0.3) is 11.3 Å². The van der Waals surface area contributed by atoms with E-state index in [9.17, 15) is 9.59 Å². The Hall–Kier alpha value is -3.98. The highest BCUT2D eigenvalue weighted by atomic mass is 16.5. The van der Waals surface area contributed by atoms with Crippen LogP contribution in [0.1, 0.15) is 28.8 Å². The van der Waals surface area contributed by atoms with Crippen molar-refractivity contribution in [3.05, 3.63) is 71.8 Å². The van der Waals surface area contributed by atoms with Crippen molar-refractivity contribution in [1.29, 1.82) is 0 Å². The minimum Gasteiger partial charge on any atom is -0.497 e. The molecule has 39 heavy (non-hydrogen) atoms. The van der Waals surface area contributed by atoms with E-state index in [1.807, 2.05) is 72.5 Å². The lowest BCUT2D eigenvalue weighted by Crippen LogP contribution is -2.52. The van der Waals surface area contributed by atoms with E-state index in [0.717, 1.165) is 41.2 Å². The Kier molecular flexibility index (Phi) is 8.36. The molecule has 2 fully saturated rings. The zero-order valence-corrected chi connectivity index (χ0v) is 22.6. The number of aryl methyl sites for hydroxylation is 1. The molecule has 0 N–H and O–H groups in total. The van der Waals surface area contributed by atoms with Crippen LogP contribution in [-0.2, 0) is 9.53 Å². The van der Waals surface area contributed by atoms with Crippen molar-refractivity contribution in [3.63, 3.8) is 0 Å². The lowest BCUT2D eigenvalue weighted by molar-refractivity contribution is -0.132. The maximum atomic E-state index is 13.3. The zero-order valence-electron chi connectivity index (χ0n) is 22.6. The maximum Gasteiger partial charge on any atom is 0.254 e.